The third kappa shape index (κ3) is 4.58. The quantitative estimate of drug-likeness (QED) is 0.476. The summed E-state index contributed by atoms with van der Waals surface area (Å²) in [4.78, 5) is 33.6. The smallest absolute Gasteiger partial charge is 0.338 e. The molecule has 0 bridgehead atoms. The van der Waals surface area contributed by atoms with E-state index in [0.717, 1.165) is 21.3 Å². The largest absolute Gasteiger partial charge is 0.463 e. The minimum atomic E-state index is -0.543. The lowest BCUT2D eigenvalue weighted by Gasteiger charge is -2.23. The fraction of sp³-hybridized carbons (Fsp3) is 0.240. The summed E-state index contributed by atoms with van der Waals surface area (Å²) in [5.74, 6) is -0.456. The zero-order chi connectivity index (χ0) is 23.7. The van der Waals surface area contributed by atoms with Gasteiger partial charge in [0.25, 0.3) is 5.56 Å². The SMILES string of the molecule is CCOC(=O)C1=C(C)n2c(s/c(=C\c3ccc(Br)cc3)c2=O)=N[C@@H]1c1ccc(N(C)C)cc1. The molecule has 0 spiro atoms. The molecule has 0 saturated heterocycles. The average Bonchev–Trinajstić information content (AvgIpc) is 3.10. The maximum absolute atomic E-state index is 13.3. The van der Waals surface area contributed by atoms with Crippen molar-refractivity contribution in [3.63, 3.8) is 0 Å². The van der Waals surface area contributed by atoms with Gasteiger partial charge in [0.05, 0.1) is 16.7 Å². The number of rotatable bonds is 5. The van der Waals surface area contributed by atoms with Crippen LogP contribution in [0.2, 0.25) is 0 Å². The monoisotopic (exact) mass is 525 g/mol. The van der Waals surface area contributed by atoms with Gasteiger partial charge in [0.15, 0.2) is 4.80 Å². The Labute approximate surface area is 204 Å². The van der Waals surface area contributed by atoms with Crippen molar-refractivity contribution in [2.24, 2.45) is 4.99 Å². The molecule has 8 heteroatoms. The topological polar surface area (TPSA) is 63.9 Å². The van der Waals surface area contributed by atoms with Crippen LogP contribution in [-0.4, -0.2) is 31.2 Å². The van der Waals surface area contributed by atoms with E-state index in [9.17, 15) is 9.59 Å². The van der Waals surface area contributed by atoms with Gasteiger partial charge in [-0.15, -0.1) is 0 Å². The molecule has 2 heterocycles. The first-order valence-electron chi connectivity index (χ1n) is 10.5. The Bertz CT molecular complexity index is 1400. The van der Waals surface area contributed by atoms with E-state index in [-0.39, 0.29) is 12.2 Å². The Morgan fingerprint density at radius 2 is 1.85 bits per heavy atom. The van der Waals surface area contributed by atoms with Gasteiger partial charge in [-0.2, -0.15) is 0 Å². The number of thiazole rings is 1. The number of hydrogen-bond donors (Lipinski definition) is 0. The van der Waals surface area contributed by atoms with Crippen LogP contribution in [-0.2, 0) is 9.53 Å². The number of esters is 1. The molecule has 4 rings (SSSR count). The third-order valence-corrected chi connectivity index (χ3v) is 6.94. The van der Waals surface area contributed by atoms with Gasteiger partial charge in [-0.25, -0.2) is 9.79 Å². The van der Waals surface area contributed by atoms with Gasteiger partial charge < -0.3 is 9.64 Å². The number of halogens is 1. The number of carbonyl (C=O) groups excluding carboxylic acids is 1. The highest BCUT2D eigenvalue weighted by atomic mass is 79.9. The lowest BCUT2D eigenvalue weighted by Crippen LogP contribution is -2.35. The zero-order valence-corrected chi connectivity index (χ0v) is 21.2. The summed E-state index contributed by atoms with van der Waals surface area (Å²) >= 11 is 4.75. The van der Waals surface area contributed by atoms with Crippen molar-refractivity contribution in [2.75, 3.05) is 25.6 Å². The second-order valence-electron chi connectivity index (χ2n) is 7.82. The fourth-order valence-electron chi connectivity index (χ4n) is 3.72. The second kappa shape index (κ2) is 9.49. The lowest BCUT2D eigenvalue weighted by atomic mass is 9.96. The Balaban J connectivity index is 1.90. The maximum Gasteiger partial charge on any atom is 0.338 e. The molecule has 0 fully saturated rings. The van der Waals surface area contributed by atoms with Crippen molar-refractivity contribution in [1.82, 2.24) is 4.57 Å². The minimum Gasteiger partial charge on any atom is -0.463 e. The summed E-state index contributed by atoms with van der Waals surface area (Å²) < 4.78 is 8.39. The normalized spacial score (nSPS) is 15.8. The number of allylic oxidation sites excluding steroid dienone is 1. The number of fused-ring (bicyclic) bond motifs is 1. The van der Waals surface area contributed by atoms with Crippen LogP contribution in [0.4, 0.5) is 5.69 Å². The van der Waals surface area contributed by atoms with Crippen LogP contribution >= 0.6 is 27.3 Å². The number of aromatic nitrogens is 1. The molecule has 3 aromatic rings. The molecule has 0 N–H and O–H groups in total. The summed E-state index contributed by atoms with van der Waals surface area (Å²) in [5, 5.41) is 0. The summed E-state index contributed by atoms with van der Waals surface area (Å²) in [6.07, 6.45) is 1.85. The van der Waals surface area contributed by atoms with Gasteiger partial charge in [0.2, 0.25) is 0 Å². The number of hydrogen-bond acceptors (Lipinski definition) is 6. The Morgan fingerprint density at radius 1 is 1.18 bits per heavy atom. The van der Waals surface area contributed by atoms with E-state index in [4.69, 9.17) is 9.73 Å². The van der Waals surface area contributed by atoms with Crippen molar-refractivity contribution >= 4 is 50.7 Å². The standard InChI is InChI=1S/C25H24BrN3O3S/c1-5-32-24(31)21-15(2)29-23(30)20(14-16-6-10-18(26)11-7-16)33-25(29)27-22(21)17-8-12-19(13-9-17)28(3)4/h6-14,22H,5H2,1-4H3/b20-14-/t22-/m1/s1. The minimum absolute atomic E-state index is 0.192. The molecule has 2 aromatic carbocycles. The molecular weight excluding hydrogens is 502 g/mol. The van der Waals surface area contributed by atoms with Gasteiger partial charge in [-0.1, -0.05) is 51.5 Å². The molecule has 6 nitrogen and oxygen atoms in total. The van der Waals surface area contributed by atoms with Crippen LogP contribution in [0.3, 0.4) is 0 Å². The first kappa shape index (κ1) is 23.2. The van der Waals surface area contributed by atoms with E-state index in [1.165, 1.54) is 15.9 Å². The van der Waals surface area contributed by atoms with E-state index < -0.39 is 12.0 Å². The van der Waals surface area contributed by atoms with Gasteiger partial charge in [0.1, 0.15) is 6.04 Å². The Morgan fingerprint density at radius 3 is 2.45 bits per heavy atom. The molecule has 0 aliphatic carbocycles. The number of nitrogens with zero attached hydrogens (tertiary/aromatic N) is 3. The highest BCUT2D eigenvalue weighted by molar-refractivity contribution is 9.10. The van der Waals surface area contributed by atoms with E-state index >= 15 is 0 Å². The van der Waals surface area contributed by atoms with Gasteiger partial charge in [0, 0.05) is 30.0 Å². The molecule has 1 aliphatic heterocycles. The van der Waals surface area contributed by atoms with Crippen molar-refractivity contribution in [1.29, 1.82) is 0 Å². The summed E-state index contributed by atoms with van der Waals surface area (Å²) in [7, 11) is 3.95. The third-order valence-electron chi connectivity index (χ3n) is 5.43. The van der Waals surface area contributed by atoms with E-state index in [2.05, 4.69) is 15.9 Å². The molecule has 1 atom stereocenters. The van der Waals surface area contributed by atoms with Crippen molar-refractivity contribution in [2.45, 2.75) is 19.9 Å². The predicted molar refractivity (Wildman–Crippen MR) is 136 cm³/mol. The molecule has 1 aliphatic rings. The van der Waals surface area contributed by atoms with Crippen LogP contribution in [0.1, 0.15) is 31.0 Å². The number of ether oxygens (including phenoxy) is 1. The van der Waals surface area contributed by atoms with Crippen molar-refractivity contribution < 1.29 is 9.53 Å². The fourth-order valence-corrected chi connectivity index (χ4v) is 5.03. The van der Waals surface area contributed by atoms with Crippen LogP contribution in [0.15, 0.2) is 68.4 Å². The molecule has 1 aromatic heterocycles. The molecular formula is C25H24BrN3O3S. The molecule has 33 heavy (non-hydrogen) atoms. The van der Waals surface area contributed by atoms with Crippen LogP contribution < -0.4 is 19.8 Å². The predicted octanol–water partition coefficient (Wildman–Crippen LogP) is 3.74. The summed E-state index contributed by atoms with van der Waals surface area (Å²) in [6, 6.07) is 15.1. The molecule has 170 valence electrons. The van der Waals surface area contributed by atoms with Gasteiger partial charge in [-0.3, -0.25) is 9.36 Å². The number of carbonyl (C=O) groups is 1. The first-order valence-corrected chi connectivity index (χ1v) is 12.1. The first-order chi connectivity index (χ1) is 15.8. The highest BCUT2D eigenvalue weighted by Gasteiger charge is 2.31. The number of benzene rings is 2. The zero-order valence-electron chi connectivity index (χ0n) is 18.8. The van der Waals surface area contributed by atoms with Crippen molar-refractivity contribution in [3.05, 3.63) is 89.4 Å². The molecule has 0 saturated carbocycles. The van der Waals surface area contributed by atoms with Crippen LogP contribution in [0.25, 0.3) is 11.8 Å². The molecule has 0 amide bonds. The molecule has 0 unspecified atom stereocenters. The van der Waals surface area contributed by atoms with E-state index in [0.29, 0.717) is 20.6 Å². The highest BCUT2D eigenvalue weighted by Crippen LogP contribution is 2.33. The Kier molecular flexibility index (Phi) is 6.67. The maximum atomic E-state index is 13.3. The van der Waals surface area contributed by atoms with Crippen molar-refractivity contribution in [3.8, 4) is 0 Å². The van der Waals surface area contributed by atoms with Crippen LogP contribution in [0, 0.1) is 0 Å². The summed E-state index contributed by atoms with van der Waals surface area (Å²) in [6.45, 7) is 3.79. The van der Waals surface area contributed by atoms with Gasteiger partial charge in [-0.05, 0) is 55.3 Å². The lowest BCUT2D eigenvalue weighted by molar-refractivity contribution is -0.138. The van der Waals surface area contributed by atoms with E-state index in [1.54, 1.807) is 13.8 Å². The van der Waals surface area contributed by atoms with Gasteiger partial charge >= 0.3 is 5.97 Å². The Hall–Kier alpha value is -2.97. The molecule has 0 radical (unpaired) electrons. The summed E-state index contributed by atoms with van der Waals surface area (Å²) in [5.41, 5.74) is 3.58. The second-order valence-corrected chi connectivity index (χ2v) is 9.75. The van der Waals surface area contributed by atoms with E-state index in [1.807, 2.05) is 73.6 Å². The van der Waals surface area contributed by atoms with Crippen LogP contribution in [0.5, 0.6) is 0 Å². The number of anilines is 1. The average molecular weight is 526 g/mol.